The molecule has 7 heteroatoms. The van der Waals surface area contributed by atoms with E-state index in [9.17, 15) is 9.59 Å². The van der Waals surface area contributed by atoms with Crippen LogP contribution >= 0.6 is 15.9 Å². The lowest BCUT2D eigenvalue weighted by Crippen LogP contribution is -2.38. The van der Waals surface area contributed by atoms with Gasteiger partial charge < -0.3 is 19.5 Å². The monoisotopic (exact) mass is 497 g/mol. The second-order valence-corrected chi connectivity index (χ2v) is 9.22. The van der Waals surface area contributed by atoms with Crippen molar-refractivity contribution < 1.29 is 23.8 Å². The number of carbonyl (C=O) groups is 2. The van der Waals surface area contributed by atoms with Crippen molar-refractivity contribution in [3.63, 3.8) is 0 Å². The SMILES string of the molecule is CCCOc1ccc(C2CC(=O)C3=C(C2)NC(=O)CC3c2cc3c(cc2Br)OCO3)cc1. The number of benzene rings is 2. The van der Waals surface area contributed by atoms with Crippen molar-refractivity contribution in [3.8, 4) is 17.2 Å². The Labute approximate surface area is 195 Å². The first-order valence-electron chi connectivity index (χ1n) is 10.9. The van der Waals surface area contributed by atoms with Crippen molar-refractivity contribution in [3.05, 3.63) is 63.3 Å². The molecule has 2 heterocycles. The fraction of sp³-hybridized carbons (Fsp3) is 0.360. The fourth-order valence-corrected chi connectivity index (χ4v) is 5.32. The maximum Gasteiger partial charge on any atom is 0.231 e. The van der Waals surface area contributed by atoms with Crippen molar-refractivity contribution in [1.82, 2.24) is 5.32 Å². The molecule has 0 bridgehead atoms. The number of nitrogens with one attached hydrogen (secondary N) is 1. The van der Waals surface area contributed by atoms with Crippen LogP contribution in [0.3, 0.4) is 0 Å². The summed E-state index contributed by atoms with van der Waals surface area (Å²) < 4.78 is 17.5. The van der Waals surface area contributed by atoms with E-state index in [0.29, 0.717) is 36.5 Å². The van der Waals surface area contributed by atoms with E-state index in [1.54, 1.807) is 0 Å². The normalized spacial score (nSPS) is 21.9. The molecule has 0 aromatic heterocycles. The topological polar surface area (TPSA) is 73.9 Å². The number of ether oxygens (including phenoxy) is 3. The van der Waals surface area contributed by atoms with Gasteiger partial charge in [0, 0.05) is 34.5 Å². The molecule has 0 saturated carbocycles. The summed E-state index contributed by atoms with van der Waals surface area (Å²) in [6.07, 6.45) is 2.23. The number of fused-ring (bicyclic) bond motifs is 1. The number of carbonyl (C=O) groups excluding carboxylic acids is 2. The first-order chi connectivity index (χ1) is 15.5. The van der Waals surface area contributed by atoms with E-state index < -0.39 is 0 Å². The molecule has 1 aliphatic carbocycles. The third kappa shape index (κ3) is 3.90. The van der Waals surface area contributed by atoms with Gasteiger partial charge in [0.15, 0.2) is 17.3 Å². The van der Waals surface area contributed by atoms with Gasteiger partial charge in [0.2, 0.25) is 12.7 Å². The minimum absolute atomic E-state index is 0.0284. The Morgan fingerprint density at radius 1 is 1.06 bits per heavy atom. The molecule has 1 amide bonds. The van der Waals surface area contributed by atoms with Gasteiger partial charge in [0.05, 0.1) is 6.61 Å². The molecule has 0 radical (unpaired) electrons. The molecular weight excluding hydrogens is 474 g/mol. The highest BCUT2D eigenvalue weighted by atomic mass is 79.9. The van der Waals surface area contributed by atoms with E-state index >= 15 is 0 Å². The smallest absolute Gasteiger partial charge is 0.231 e. The predicted molar refractivity (Wildman–Crippen MR) is 122 cm³/mol. The molecule has 5 rings (SSSR count). The summed E-state index contributed by atoms with van der Waals surface area (Å²) in [5.41, 5.74) is 3.40. The summed E-state index contributed by atoms with van der Waals surface area (Å²) in [6.45, 7) is 2.93. The van der Waals surface area contributed by atoms with Gasteiger partial charge in [-0.25, -0.2) is 0 Å². The van der Waals surface area contributed by atoms with Gasteiger partial charge in [0.1, 0.15) is 5.75 Å². The van der Waals surface area contributed by atoms with Crippen LogP contribution in [0.1, 0.15) is 55.6 Å². The molecule has 0 spiro atoms. The van der Waals surface area contributed by atoms with Crippen LogP contribution in [0.25, 0.3) is 0 Å². The van der Waals surface area contributed by atoms with Gasteiger partial charge >= 0.3 is 0 Å². The summed E-state index contributed by atoms with van der Waals surface area (Å²) in [5, 5.41) is 2.98. The minimum Gasteiger partial charge on any atom is -0.494 e. The molecule has 6 nitrogen and oxygen atoms in total. The van der Waals surface area contributed by atoms with Crippen molar-refractivity contribution >= 4 is 27.6 Å². The highest BCUT2D eigenvalue weighted by Gasteiger charge is 2.39. The van der Waals surface area contributed by atoms with Gasteiger partial charge in [-0.1, -0.05) is 35.0 Å². The Balaban J connectivity index is 1.45. The van der Waals surface area contributed by atoms with Crippen LogP contribution in [-0.2, 0) is 9.59 Å². The first-order valence-corrected chi connectivity index (χ1v) is 11.7. The Kier molecular flexibility index (Phi) is 5.67. The van der Waals surface area contributed by atoms with E-state index in [-0.39, 0.29) is 36.7 Å². The molecular formula is C25H24BrNO5. The van der Waals surface area contributed by atoms with Gasteiger partial charge in [-0.05, 0) is 54.2 Å². The lowest BCUT2D eigenvalue weighted by molar-refractivity contribution is -0.122. The zero-order valence-electron chi connectivity index (χ0n) is 17.8. The van der Waals surface area contributed by atoms with Crippen LogP contribution in [0.4, 0.5) is 0 Å². The summed E-state index contributed by atoms with van der Waals surface area (Å²) in [7, 11) is 0. The molecule has 2 unspecified atom stereocenters. The Morgan fingerprint density at radius 3 is 2.56 bits per heavy atom. The van der Waals surface area contributed by atoms with Crippen molar-refractivity contribution in [2.24, 2.45) is 0 Å². The zero-order valence-corrected chi connectivity index (χ0v) is 19.4. The molecule has 32 heavy (non-hydrogen) atoms. The van der Waals surface area contributed by atoms with Gasteiger partial charge in [-0.15, -0.1) is 0 Å². The molecule has 0 fully saturated rings. The van der Waals surface area contributed by atoms with Crippen LogP contribution in [0, 0.1) is 0 Å². The second-order valence-electron chi connectivity index (χ2n) is 8.37. The summed E-state index contributed by atoms with van der Waals surface area (Å²) >= 11 is 3.60. The van der Waals surface area contributed by atoms with E-state index in [0.717, 1.165) is 33.5 Å². The van der Waals surface area contributed by atoms with E-state index in [1.165, 1.54) is 0 Å². The van der Waals surface area contributed by atoms with Crippen LogP contribution < -0.4 is 19.5 Å². The average Bonchev–Trinajstić information content (AvgIpc) is 3.23. The van der Waals surface area contributed by atoms with Crippen molar-refractivity contribution in [2.75, 3.05) is 13.4 Å². The second kappa shape index (κ2) is 8.62. The Morgan fingerprint density at radius 2 is 1.81 bits per heavy atom. The summed E-state index contributed by atoms with van der Waals surface area (Å²) in [4.78, 5) is 25.9. The van der Waals surface area contributed by atoms with E-state index in [4.69, 9.17) is 14.2 Å². The minimum atomic E-state index is -0.305. The van der Waals surface area contributed by atoms with Crippen molar-refractivity contribution in [1.29, 1.82) is 0 Å². The van der Waals surface area contributed by atoms with E-state index in [1.807, 2.05) is 36.4 Å². The number of Topliss-reactive ketones (excluding diaryl/α,β-unsaturated/α-hetero) is 1. The lowest BCUT2D eigenvalue weighted by atomic mass is 9.73. The third-order valence-corrected chi connectivity index (χ3v) is 6.91. The van der Waals surface area contributed by atoms with Crippen LogP contribution in [0.2, 0.25) is 0 Å². The molecule has 1 N–H and O–H groups in total. The maximum atomic E-state index is 13.4. The molecule has 0 saturated heterocycles. The summed E-state index contributed by atoms with van der Waals surface area (Å²) in [5.74, 6) is 1.87. The van der Waals surface area contributed by atoms with Crippen LogP contribution in [-0.4, -0.2) is 25.1 Å². The van der Waals surface area contributed by atoms with Crippen LogP contribution in [0.5, 0.6) is 17.2 Å². The lowest BCUT2D eigenvalue weighted by Gasteiger charge is -2.35. The third-order valence-electron chi connectivity index (χ3n) is 6.23. The number of hydrogen-bond acceptors (Lipinski definition) is 5. The van der Waals surface area contributed by atoms with Gasteiger partial charge in [0.25, 0.3) is 0 Å². The molecule has 2 aromatic carbocycles. The highest BCUT2D eigenvalue weighted by Crippen LogP contribution is 2.47. The fourth-order valence-electron chi connectivity index (χ4n) is 4.72. The summed E-state index contributed by atoms with van der Waals surface area (Å²) in [6, 6.07) is 11.7. The molecule has 166 valence electrons. The first kappa shape index (κ1) is 21.1. The zero-order chi connectivity index (χ0) is 22.2. The Hall–Kier alpha value is -2.80. The van der Waals surface area contributed by atoms with Crippen LogP contribution in [0.15, 0.2) is 52.1 Å². The number of hydrogen-bond donors (Lipinski definition) is 1. The van der Waals surface area contributed by atoms with Crippen molar-refractivity contribution in [2.45, 2.75) is 44.4 Å². The van der Waals surface area contributed by atoms with Gasteiger partial charge in [-0.3, -0.25) is 9.59 Å². The molecule has 2 aromatic rings. The molecule has 2 atom stereocenters. The number of rotatable bonds is 5. The Bertz CT molecular complexity index is 1110. The van der Waals surface area contributed by atoms with E-state index in [2.05, 4.69) is 28.2 Å². The molecule has 3 aliphatic rings. The number of ketones is 1. The number of halogens is 1. The number of amides is 1. The average molecular weight is 498 g/mol. The largest absolute Gasteiger partial charge is 0.494 e. The standard InChI is InChI=1S/C25H24BrNO5/c1-2-7-30-16-5-3-14(4-6-16)15-8-20-25(21(28)9-15)18(11-24(29)27-20)17-10-22-23(12-19(17)26)32-13-31-22/h3-6,10,12,15,18H,2,7-9,11,13H2,1H3,(H,27,29). The quantitative estimate of drug-likeness (QED) is 0.630. The highest BCUT2D eigenvalue weighted by molar-refractivity contribution is 9.10. The molecule has 2 aliphatic heterocycles. The predicted octanol–water partition coefficient (Wildman–Crippen LogP) is 4.97. The number of allylic oxidation sites excluding steroid dienone is 2. The van der Waals surface area contributed by atoms with Gasteiger partial charge in [-0.2, -0.15) is 0 Å². The maximum absolute atomic E-state index is 13.4.